The van der Waals surface area contributed by atoms with E-state index in [0.717, 1.165) is 24.4 Å². The monoisotopic (exact) mass is 169 g/mol. The lowest BCUT2D eigenvalue weighted by molar-refractivity contribution is 0.929. The molecule has 0 fully saturated rings. The van der Waals surface area contributed by atoms with Crippen molar-refractivity contribution < 1.29 is 0 Å². The van der Waals surface area contributed by atoms with Gasteiger partial charge >= 0.3 is 0 Å². The van der Waals surface area contributed by atoms with Crippen molar-refractivity contribution in [2.24, 2.45) is 0 Å². The third kappa shape index (κ3) is 2.81. The molecule has 0 bridgehead atoms. The second-order valence-electron chi connectivity index (χ2n) is 2.54. The van der Waals surface area contributed by atoms with Gasteiger partial charge in [-0.15, -0.1) is 11.6 Å². The zero-order valence-electron chi connectivity index (χ0n) is 6.39. The Morgan fingerprint density at radius 1 is 1.36 bits per heavy atom. The summed E-state index contributed by atoms with van der Waals surface area (Å²) in [5.41, 5.74) is 7.70. The van der Waals surface area contributed by atoms with Crippen LogP contribution in [0, 0.1) is 0 Å². The van der Waals surface area contributed by atoms with Crippen LogP contribution in [0.1, 0.15) is 12.0 Å². The molecule has 1 nitrogen and oxygen atoms in total. The molecular formula is C9H12ClN. The molecule has 2 N–H and O–H groups in total. The molecule has 0 atom stereocenters. The van der Waals surface area contributed by atoms with Crippen LogP contribution in [0.15, 0.2) is 24.3 Å². The highest BCUT2D eigenvalue weighted by Crippen LogP contribution is 2.08. The Balaban J connectivity index is 2.56. The first kappa shape index (κ1) is 8.41. The summed E-state index contributed by atoms with van der Waals surface area (Å²) in [5, 5.41) is 0. The lowest BCUT2D eigenvalue weighted by atomic mass is 10.1. The number of rotatable bonds is 3. The summed E-state index contributed by atoms with van der Waals surface area (Å²) in [6, 6.07) is 7.93. The van der Waals surface area contributed by atoms with Crippen LogP contribution in [0.25, 0.3) is 0 Å². The van der Waals surface area contributed by atoms with Crippen LogP contribution < -0.4 is 5.73 Å². The standard InChI is InChI=1S/C9H12ClN/c10-6-2-4-8-3-1-5-9(11)7-8/h1,3,5,7H,2,4,6,11H2. The number of halogens is 1. The first-order valence-corrected chi connectivity index (χ1v) is 4.27. The third-order valence-corrected chi connectivity index (χ3v) is 1.82. The van der Waals surface area contributed by atoms with E-state index >= 15 is 0 Å². The second-order valence-corrected chi connectivity index (χ2v) is 2.92. The maximum atomic E-state index is 5.60. The largest absolute Gasteiger partial charge is 0.399 e. The number of nitrogen functional groups attached to an aromatic ring is 1. The molecule has 0 aliphatic rings. The van der Waals surface area contributed by atoms with Gasteiger partial charge in [0.15, 0.2) is 0 Å². The lowest BCUT2D eigenvalue weighted by Gasteiger charge is -1.99. The summed E-state index contributed by atoms with van der Waals surface area (Å²) in [6.07, 6.45) is 2.04. The molecule has 0 aliphatic heterocycles. The summed E-state index contributed by atoms with van der Waals surface area (Å²) >= 11 is 5.56. The number of benzene rings is 1. The number of hydrogen-bond acceptors (Lipinski definition) is 1. The Labute approximate surface area is 72.2 Å². The SMILES string of the molecule is Nc1cccc(CCCCl)c1. The average molecular weight is 170 g/mol. The van der Waals surface area contributed by atoms with Crippen molar-refractivity contribution >= 4 is 17.3 Å². The van der Waals surface area contributed by atoms with Crippen molar-refractivity contribution in [1.82, 2.24) is 0 Å². The van der Waals surface area contributed by atoms with E-state index in [0.29, 0.717) is 0 Å². The minimum atomic E-state index is 0.717. The minimum absolute atomic E-state index is 0.717. The predicted molar refractivity (Wildman–Crippen MR) is 49.9 cm³/mol. The molecule has 1 rings (SSSR count). The van der Waals surface area contributed by atoms with Crippen LogP contribution in [-0.4, -0.2) is 5.88 Å². The average Bonchev–Trinajstić information content (AvgIpc) is 2.01. The smallest absolute Gasteiger partial charge is 0.0316 e. The van der Waals surface area contributed by atoms with Crippen molar-refractivity contribution in [3.8, 4) is 0 Å². The summed E-state index contributed by atoms with van der Waals surface area (Å²) in [6.45, 7) is 0. The summed E-state index contributed by atoms with van der Waals surface area (Å²) in [5.74, 6) is 0.717. The molecule has 0 saturated heterocycles. The summed E-state index contributed by atoms with van der Waals surface area (Å²) in [4.78, 5) is 0. The molecule has 0 saturated carbocycles. The van der Waals surface area contributed by atoms with E-state index in [2.05, 4.69) is 6.07 Å². The Bertz CT molecular complexity index is 223. The molecule has 11 heavy (non-hydrogen) atoms. The molecule has 2 heteroatoms. The molecule has 0 heterocycles. The van der Waals surface area contributed by atoms with E-state index in [9.17, 15) is 0 Å². The molecule has 0 aromatic heterocycles. The van der Waals surface area contributed by atoms with Crippen LogP contribution in [0.3, 0.4) is 0 Å². The molecule has 0 radical (unpaired) electrons. The highest BCUT2D eigenvalue weighted by atomic mass is 35.5. The topological polar surface area (TPSA) is 26.0 Å². The first-order valence-electron chi connectivity index (χ1n) is 3.73. The Hall–Kier alpha value is -0.690. The Morgan fingerprint density at radius 2 is 2.18 bits per heavy atom. The van der Waals surface area contributed by atoms with E-state index in [1.54, 1.807) is 0 Å². The van der Waals surface area contributed by atoms with Gasteiger partial charge in [0.05, 0.1) is 0 Å². The van der Waals surface area contributed by atoms with Crippen LogP contribution in [-0.2, 0) is 6.42 Å². The maximum absolute atomic E-state index is 5.60. The molecule has 1 aromatic carbocycles. The predicted octanol–water partition coefficient (Wildman–Crippen LogP) is 2.44. The van der Waals surface area contributed by atoms with Gasteiger partial charge in [-0.05, 0) is 30.5 Å². The van der Waals surface area contributed by atoms with Crippen molar-refractivity contribution in [3.63, 3.8) is 0 Å². The fraction of sp³-hybridized carbons (Fsp3) is 0.333. The number of hydrogen-bond donors (Lipinski definition) is 1. The van der Waals surface area contributed by atoms with Crippen molar-refractivity contribution in [2.75, 3.05) is 11.6 Å². The van der Waals surface area contributed by atoms with E-state index in [1.807, 2.05) is 18.2 Å². The second kappa shape index (κ2) is 4.24. The number of nitrogens with two attached hydrogens (primary N) is 1. The molecular weight excluding hydrogens is 158 g/mol. The fourth-order valence-corrected chi connectivity index (χ4v) is 1.15. The normalized spacial score (nSPS) is 9.91. The highest BCUT2D eigenvalue weighted by Gasteiger charge is 1.91. The van der Waals surface area contributed by atoms with Crippen molar-refractivity contribution in [3.05, 3.63) is 29.8 Å². The van der Waals surface area contributed by atoms with Gasteiger partial charge in [-0.2, -0.15) is 0 Å². The van der Waals surface area contributed by atoms with Gasteiger partial charge in [0, 0.05) is 11.6 Å². The number of alkyl halides is 1. The zero-order valence-corrected chi connectivity index (χ0v) is 7.14. The molecule has 0 aliphatic carbocycles. The van der Waals surface area contributed by atoms with E-state index in [1.165, 1.54) is 5.56 Å². The third-order valence-electron chi connectivity index (χ3n) is 1.55. The minimum Gasteiger partial charge on any atom is -0.399 e. The molecule has 0 unspecified atom stereocenters. The highest BCUT2D eigenvalue weighted by molar-refractivity contribution is 6.17. The number of anilines is 1. The molecule has 1 aromatic rings. The van der Waals surface area contributed by atoms with Crippen LogP contribution in [0.2, 0.25) is 0 Å². The van der Waals surface area contributed by atoms with Gasteiger partial charge in [-0.1, -0.05) is 12.1 Å². The summed E-state index contributed by atoms with van der Waals surface area (Å²) in [7, 11) is 0. The van der Waals surface area contributed by atoms with E-state index < -0.39 is 0 Å². The lowest BCUT2D eigenvalue weighted by Crippen LogP contribution is -1.89. The fourth-order valence-electron chi connectivity index (χ4n) is 1.02. The van der Waals surface area contributed by atoms with E-state index in [-0.39, 0.29) is 0 Å². The molecule has 60 valence electrons. The maximum Gasteiger partial charge on any atom is 0.0316 e. The van der Waals surface area contributed by atoms with Crippen LogP contribution >= 0.6 is 11.6 Å². The Kier molecular flexibility index (Phi) is 3.24. The van der Waals surface area contributed by atoms with Gasteiger partial charge in [0.1, 0.15) is 0 Å². The van der Waals surface area contributed by atoms with Crippen LogP contribution in [0.5, 0.6) is 0 Å². The van der Waals surface area contributed by atoms with Crippen molar-refractivity contribution in [1.29, 1.82) is 0 Å². The van der Waals surface area contributed by atoms with Gasteiger partial charge in [0.2, 0.25) is 0 Å². The van der Waals surface area contributed by atoms with Gasteiger partial charge < -0.3 is 5.73 Å². The quantitative estimate of drug-likeness (QED) is 0.546. The van der Waals surface area contributed by atoms with Crippen molar-refractivity contribution in [2.45, 2.75) is 12.8 Å². The van der Waals surface area contributed by atoms with E-state index in [4.69, 9.17) is 17.3 Å². The van der Waals surface area contributed by atoms with Crippen LogP contribution in [0.4, 0.5) is 5.69 Å². The summed E-state index contributed by atoms with van der Waals surface area (Å²) < 4.78 is 0. The molecule has 0 spiro atoms. The first-order chi connectivity index (χ1) is 5.33. The zero-order chi connectivity index (χ0) is 8.10. The van der Waals surface area contributed by atoms with Gasteiger partial charge in [-0.3, -0.25) is 0 Å². The number of aryl methyl sites for hydroxylation is 1. The van der Waals surface area contributed by atoms with Gasteiger partial charge in [-0.25, -0.2) is 0 Å². The Morgan fingerprint density at radius 3 is 2.82 bits per heavy atom. The molecule has 0 amide bonds. The van der Waals surface area contributed by atoms with Gasteiger partial charge in [0.25, 0.3) is 0 Å².